The highest BCUT2D eigenvalue weighted by atomic mass is 15.1. The number of rotatable bonds is 3. The summed E-state index contributed by atoms with van der Waals surface area (Å²) in [5.41, 5.74) is -1.62. The molecule has 0 spiro atoms. The second-order valence-electron chi connectivity index (χ2n) is 3.98. The van der Waals surface area contributed by atoms with E-state index >= 15 is 0 Å². The Morgan fingerprint density at radius 1 is 1.05 bits per heavy atom. The topological polar surface area (TPSA) is 15.6 Å². The van der Waals surface area contributed by atoms with Crippen LogP contribution < -0.4 is 0 Å². The van der Waals surface area contributed by atoms with Crippen molar-refractivity contribution in [2.45, 2.75) is 19.3 Å². The first kappa shape index (κ1) is 4.81. The highest BCUT2D eigenvalue weighted by Crippen LogP contribution is 2.16. The first-order valence-corrected chi connectivity index (χ1v) is 5.97. The molecule has 2 aromatic carbocycles. The summed E-state index contributed by atoms with van der Waals surface area (Å²) in [5.74, 6) is 0. The predicted octanol–water partition coefficient (Wildman–Crippen LogP) is 4.06. The van der Waals surface area contributed by atoms with Crippen LogP contribution in [0.4, 0.5) is 5.69 Å². The first-order valence-electron chi connectivity index (χ1n) is 12.5. The Bertz CT molecular complexity index is 1050. The smallest absolute Gasteiger partial charge is 0.0645 e. The molecule has 0 radical (unpaired) electrons. The second-order valence-corrected chi connectivity index (χ2v) is 3.98. The van der Waals surface area contributed by atoms with Gasteiger partial charge in [0.15, 0.2) is 0 Å². The molecule has 0 aliphatic carbocycles. The van der Waals surface area contributed by atoms with Crippen molar-refractivity contribution in [2.24, 2.45) is 4.99 Å². The quantitative estimate of drug-likeness (QED) is 0.826. The van der Waals surface area contributed by atoms with Crippen molar-refractivity contribution < 1.29 is 17.8 Å². The van der Waals surface area contributed by atoms with Crippen molar-refractivity contribution in [3.05, 3.63) is 66.1 Å². The van der Waals surface area contributed by atoms with E-state index in [4.69, 9.17) is 17.8 Å². The number of nitrogens with zero attached hydrogens (tertiary/aromatic N) is 2. The van der Waals surface area contributed by atoms with Crippen LogP contribution in [0.1, 0.15) is 36.1 Å². The van der Waals surface area contributed by atoms with Crippen LogP contribution in [0.5, 0.6) is 0 Å². The number of hydrogen-bond acceptors (Lipinski definition) is 2. The second kappa shape index (κ2) is 6.49. The SMILES string of the molecule is [2H]c1c([2H])c([2H])c(N=C2C([2H])([2H])C([2H])([2H])N(Cc3ccccc3)C([2H])([2H])C2([2H])[2H])c([2H])c1[2H]. The highest BCUT2D eigenvalue weighted by molar-refractivity contribution is 5.87. The molecule has 0 amide bonds. The maximum atomic E-state index is 8.42. The summed E-state index contributed by atoms with van der Waals surface area (Å²) in [5, 5.41) is 0. The van der Waals surface area contributed by atoms with Gasteiger partial charge >= 0.3 is 0 Å². The summed E-state index contributed by atoms with van der Waals surface area (Å²) in [6.07, 6.45) is -6.47. The van der Waals surface area contributed by atoms with Crippen LogP contribution in [0.25, 0.3) is 0 Å². The molecule has 0 bridgehead atoms. The molecular formula is C18H20N2. The zero-order valence-corrected chi connectivity index (χ0v) is 10.5. The summed E-state index contributed by atoms with van der Waals surface area (Å²) in [6.45, 7) is -6.70. The van der Waals surface area contributed by atoms with E-state index in [0.717, 1.165) is 0 Å². The lowest BCUT2D eigenvalue weighted by atomic mass is 10.1. The Balaban J connectivity index is 2.27. The van der Waals surface area contributed by atoms with E-state index in [2.05, 4.69) is 4.99 Å². The van der Waals surface area contributed by atoms with Crippen molar-refractivity contribution in [3.63, 3.8) is 0 Å². The van der Waals surface area contributed by atoms with Crippen LogP contribution in [0.15, 0.2) is 65.5 Å². The molecule has 0 N–H and O–H groups in total. The molecule has 3 rings (SSSR count). The number of hydrogen-bond donors (Lipinski definition) is 0. The van der Waals surface area contributed by atoms with Crippen LogP contribution in [-0.4, -0.2) is 23.6 Å². The third kappa shape index (κ3) is 3.55. The molecule has 0 unspecified atom stereocenters. The molecule has 1 fully saturated rings. The van der Waals surface area contributed by atoms with Crippen LogP contribution in [0.3, 0.4) is 0 Å². The Hall–Kier alpha value is -1.93. The molecule has 1 heterocycles. The molecular weight excluding hydrogens is 244 g/mol. The summed E-state index contributed by atoms with van der Waals surface area (Å²) in [6, 6.07) is 4.07. The fraction of sp³-hybridized carbons (Fsp3) is 0.278. The van der Waals surface area contributed by atoms with Gasteiger partial charge in [0.1, 0.15) is 0 Å². The van der Waals surface area contributed by atoms with Crippen LogP contribution >= 0.6 is 0 Å². The third-order valence-corrected chi connectivity index (χ3v) is 2.51. The number of likely N-dealkylation sites (tertiary alicyclic amines) is 1. The Kier molecular flexibility index (Phi) is 1.56. The Morgan fingerprint density at radius 2 is 1.75 bits per heavy atom. The van der Waals surface area contributed by atoms with Crippen molar-refractivity contribution in [2.75, 3.05) is 13.0 Å². The lowest BCUT2D eigenvalue weighted by molar-refractivity contribution is 0.266. The van der Waals surface area contributed by atoms with Gasteiger partial charge in [-0.3, -0.25) is 9.89 Å². The van der Waals surface area contributed by atoms with E-state index in [-0.39, 0.29) is 0 Å². The fourth-order valence-electron chi connectivity index (χ4n) is 1.61. The molecule has 0 saturated carbocycles. The molecule has 0 atom stereocenters. The molecule has 1 aliphatic rings. The van der Waals surface area contributed by atoms with E-state index in [1.807, 2.05) is 0 Å². The summed E-state index contributed by atoms with van der Waals surface area (Å²) >= 11 is 0. The maximum absolute atomic E-state index is 8.42. The van der Waals surface area contributed by atoms with Crippen LogP contribution in [0.2, 0.25) is 0 Å². The van der Waals surface area contributed by atoms with Crippen molar-refractivity contribution >= 4 is 11.4 Å². The first-order chi connectivity index (χ1) is 15.0. The normalized spacial score (nSPS) is 35.6. The lowest BCUT2D eigenvalue weighted by Crippen LogP contribution is -2.33. The Morgan fingerprint density at radius 3 is 2.45 bits per heavy atom. The summed E-state index contributed by atoms with van der Waals surface area (Å²) in [4.78, 5) is 4.12. The molecule has 1 aliphatic heterocycles. The Labute approximate surface area is 139 Å². The van der Waals surface area contributed by atoms with Crippen LogP contribution in [-0.2, 0) is 6.54 Å². The number of aliphatic imine (C=N–C) groups is 1. The highest BCUT2D eigenvalue weighted by Gasteiger charge is 2.14. The molecule has 1 saturated heterocycles. The van der Waals surface area contributed by atoms with Gasteiger partial charge in [0, 0.05) is 36.2 Å². The van der Waals surface area contributed by atoms with Gasteiger partial charge < -0.3 is 0 Å². The fourth-order valence-corrected chi connectivity index (χ4v) is 1.61. The van der Waals surface area contributed by atoms with Crippen LogP contribution in [0, 0.1) is 0 Å². The largest absolute Gasteiger partial charge is 0.298 e. The zero-order chi connectivity index (χ0) is 25.1. The molecule has 20 heavy (non-hydrogen) atoms. The van der Waals surface area contributed by atoms with E-state index in [0.29, 0.717) is 10.5 Å². The minimum absolute atomic E-state index is 0.419. The van der Waals surface area contributed by atoms with Crippen molar-refractivity contribution in [1.82, 2.24) is 4.90 Å². The summed E-state index contributed by atoms with van der Waals surface area (Å²) in [7, 11) is 0. The van der Waals surface area contributed by atoms with E-state index in [9.17, 15) is 0 Å². The lowest BCUT2D eigenvalue weighted by Gasteiger charge is -2.27. The van der Waals surface area contributed by atoms with E-state index in [1.54, 1.807) is 30.3 Å². The number of para-hydroxylation sites is 1. The minimum Gasteiger partial charge on any atom is -0.298 e. The van der Waals surface area contributed by atoms with Gasteiger partial charge in [-0.25, -0.2) is 0 Å². The number of piperidine rings is 1. The molecule has 0 aromatic heterocycles. The van der Waals surface area contributed by atoms with Gasteiger partial charge in [0.05, 0.1) is 12.5 Å². The van der Waals surface area contributed by atoms with Gasteiger partial charge in [-0.15, -0.1) is 0 Å². The molecule has 2 nitrogen and oxygen atoms in total. The minimum atomic E-state index is -3.24. The molecule has 2 aromatic rings. The van der Waals surface area contributed by atoms with E-state index in [1.165, 1.54) is 0 Å². The van der Waals surface area contributed by atoms with Gasteiger partial charge in [0.25, 0.3) is 0 Å². The van der Waals surface area contributed by atoms with Crippen molar-refractivity contribution in [3.8, 4) is 0 Å². The van der Waals surface area contributed by atoms with Crippen molar-refractivity contribution in [1.29, 1.82) is 0 Å². The summed E-state index contributed by atoms with van der Waals surface area (Å²) < 4.78 is 106. The average Bonchev–Trinajstić information content (AvgIpc) is 2.73. The van der Waals surface area contributed by atoms with Gasteiger partial charge in [-0.1, -0.05) is 48.5 Å². The zero-order valence-electron chi connectivity index (χ0n) is 23.5. The van der Waals surface area contributed by atoms with Gasteiger partial charge in [0.2, 0.25) is 0 Å². The maximum Gasteiger partial charge on any atom is 0.0645 e. The monoisotopic (exact) mass is 277 g/mol. The standard InChI is InChI=1S/C18H20N2/c1-3-7-16(8-4-1)15-20-13-11-18(12-14-20)19-17-9-5-2-6-10-17/h1-10H,11-15H2/i2D,5D,6D,9D,10D,11D2,12D2,13D2,14D2. The van der Waals surface area contributed by atoms with E-state index < -0.39 is 73.9 Å². The van der Waals surface area contributed by atoms with Gasteiger partial charge in [-0.2, -0.15) is 0 Å². The predicted molar refractivity (Wildman–Crippen MR) is 84.5 cm³/mol. The molecule has 2 heteroatoms. The molecule has 102 valence electrons. The third-order valence-electron chi connectivity index (χ3n) is 2.51. The van der Waals surface area contributed by atoms with Gasteiger partial charge in [-0.05, 0) is 30.4 Å². The average molecular weight is 277 g/mol. The number of benzene rings is 2.